The number of nitrogens with zero attached hydrogens (tertiary/aromatic N) is 3. The van der Waals surface area contributed by atoms with Crippen molar-refractivity contribution in [1.82, 2.24) is 14.5 Å². The summed E-state index contributed by atoms with van der Waals surface area (Å²) in [5.41, 5.74) is 0.914. The lowest BCUT2D eigenvalue weighted by atomic mass is 9.97. The Morgan fingerprint density at radius 2 is 2.08 bits per heavy atom. The number of aromatic hydroxyl groups is 1. The van der Waals surface area contributed by atoms with E-state index in [1.165, 1.54) is 0 Å². The van der Waals surface area contributed by atoms with Crippen molar-refractivity contribution < 1.29 is 14.6 Å². The Labute approximate surface area is 141 Å². The van der Waals surface area contributed by atoms with Crippen molar-refractivity contribution in [3.8, 4) is 5.75 Å². The van der Waals surface area contributed by atoms with Crippen molar-refractivity contribution >= 4 is 0 Å². The lowest BCUT2D eigenvalue weighted by Gasteiger charge is -2.43. The Balaban J connectivity index is 1.73. The van der Waals surface area contributed by atoms with Crippen LogP contribution in [-0.2, 0) is 15.9 Å². The second-order valence-corrected chi connectivity index (χ2v) is 6.98. The maximum atomic E-state index is 10.3. The van der Waals surface area contributed by atoms with E-state index in [4.69, 9.17) is 9.47 Å². The molecular weight excluding hydrogens is 306 g/mol. The summed E-state index contributed by atoms with van der Waals surface area (Å²) in [7, 11) is 2.07. The van der Waals surface area contributed by atoms with Crippen LogP contribution in [0.25, 0.3) is 0 Å². The van der Waals surface area contributed by atoms with Gasteiger partial charge >= 0.3 is 0 Å². The van der Waals surface area contributed by atoms with E-state index < -0.39 is 5.79 Å². The minimum Gasteiger partial charge on any atom is -0.508 e. The molecule has 2 aromatic rings. The molecule has 1 fully saturated rings. The van der Waals surface area contributed by atoms with Crippen LogP contribution in [0.1, 0.15) is 37.4 Å². The molecule has 0 bridgehead atoms. The molecule has 0 radical (unpaired) electrons. The summed E-state index contributed by atoms with van der Waals surface area (Å²) < 4.78 is 14.1. The molecule has 4 rings (SSSR count). The first kappa shape index (κ1) is 15.6. The first-order valence-corrected chi connectivity index (χ1v) is 8.29. The number of aromatic nitrogens is 2. The second-order valence-electron chi connectivity index (χ2n) is 6.98. The molecular formula is C18H23N3O3. The van der Waals surface area contributed by atoms with Gasteiger partial charge in [0.05, 0.1) is 6.61 Å². The molecule has 0 amide bonds. The van der Waals surface area contributed by atoms with Gasteiger partial charge in [0.2, 0.25) is 0 Å². The van der Waals surface area contributed by atoms with Gasteiger partial charge < -0.3 is 19.1 Å². The summed E-state index contributed by atoms with van der Waals surface area (Å²) in [6.45, 7) is 4.41. The first-order valence-electron chi connectivity index (χ1n) is 8.29. The third kappa shape index (κ3) is 2.51. The Hall–Kier alpha value is -1.89. The van der Waals surface area contributed by atoms with Gasteiger partial charge in [0.25, 0.3) is 0 Å². The molecule has 1 aromatic carbocycles. The molecule has 1 saturated heterocycles. The number of imidazole rings is 1. The number of hydrogen-bond donors (Lipinski definition) is 1. The van der Waals surface area contributed by atoms with Crippen LogP contribution in [0.2, 0.25) is 0 Å². The molecule has 0 saturated carbocycles. The summed E-state index contributed by atoms with van der Waals surface area (Å²) in [6.07, 6.45) is 4.44. The SMILES string of the molecule is CN1[C@H](c2ccccc2O)Cc2nccn2[C@H]1[C@H]1COC(C)(C)O1. The molecule has 2 aliphatic rings. The largest absolute Gasteiger partial charge is 0.508 e. The minimum absolute atomic E-state index is 0.0253. The fourth-order valence-electron chi connectivity index (χ4n) is 3.84. The lowest BCUT2D eigenvalue weighted by Crippen LogP contribution is -2.46. The predicted octanol–water partition coefficient (Wildman–Crippen LogP) is 2.47. The summed E-state index contributed by atoms with van der Waals surface area (Å²) in [6, 6.07) is 7.55. The highest BCUT2D eigenvalue weighted by atomic mass is 16.7. The van der Waals surface area contributed by atoms with Gasteiger partial charge in [0.15, 0.2) is 5.79 Å². The second kappa shape index (κ2) is 5.58. The topological polar surface area (TPSA) is 59.8 Å². The average Bonchev–Trinajstić information content (AvgIpc) is 3.13. The molecule has 1 aromatic heterocycles. The fourth-order valence-corrected chi connectivity index (χ4v) is 3.84. The van der Waals surface area contributed by atoms with E-state index in [0.29, 0.717) is 12.4 Å². The zero-order chi connectivity index (χ0) is 16.9. The smallest absolute Gasteiger partial charge is 0.163 e. The van der Waals surface area contributed by atoms with Gasteiger partial charge in [-0.15, -0.1) is 0 Å². The van der Waals surface area contributed by atoms with Gasteiger partial charge in [-0.25, -0.2) is 4.98 Å². The van der Waals surface area contributed by atoms with Crippen molar-refractivity contribution in [3.05, 3.63) is 48.0 Å². The third-order valence-electron chi connectivity index (χ3n) is 4.98. The van der Waals surface area contributed by atoms with Gasteiger partial charge in [-0.05, 0) is 27.0 Å². The Bertz CT molecular complexity index is 743. The maximum absolute atomic E-state index is 10.3. The van der Waals surface area contributed by atoms with Crippen LogP contribution in [0.5, 0.6) is 5.75 Å². The zero-order valence-electron chi connectivity index (χ0n) is 14.2. The van der Waals surface area contributed by atoms with E-state index >= 15 is 0 Å². The number of phenolic OH excluding ortho intramolecular Hbond substituents is 1. The lowest BCUT2D eigenvalue weighted by molar-refractivity contribution is -0.154. The quantitative estimate of drug-likeness (QED) is 0.917. The molecule has 24 heavy (non-hydrogen) atoms. The van der Waals surface area contributed by atoms with Crippen LogP contribution in [0.4, 0.5) is 0 Å². The van der Waals surface area contributed by atoms with Crippen molar-refractivity contribution in [1.29, 1.82) is 0 Å². The number of benzene rings is 1. The molecule has 3 heterocycles. The van der Waals surface area contributed by atoms with E-state index in [0.717, 1.165) is 17.8 Å². The number of ether oxygens (including phenoxy) is 2. The number of hydrogen-bond acceptors (Lipinski definition) is 5. The van der Waals surface area contributed by atoms with Crippen LogP contribution in [0, 0.1) is 0 Å². The molecule has 2 aliphatic heterocycles. The average molecular weight is 329 g/mol. The highest BCUT2D eigenvalue weighted by Crippen LogP contribution is 2.41. The van der Waals surface area contributed by atoms with Crippen LogP contribution in [-0.4, -0.2) is 45.1 Å². The monoisotopic (exact) mass is 329 g/mol. The first-order chi connectivity index (χ1) is 11.5. The Kier molecular flexibility index (Phi) is 3.63. The Morgan fingerprint density at radius 3 is 2.79 bits per heavy atom. The van der Waals surface area contributed by atoms with Crippen LogP contribution in [0.3, 0.4) is 0 Å². The zero-order valence-corrected chi connectivity index (χ0v) is 14.2. The third-order valence-corrected chi connectivity index (χ3v) is 4.98. The molecule has 0 unspecified atom stereocenters. The molecule has 6 nitrogen and oxygen atoms in total. The summed E-state index contributed by atoms with van der Waals surface area (Å²) in [4.78, 5) is 6.76. The number of rotatable bonds is 2. The van der Waals surface area contributed by atoms with E-state index in [2.05, 4.69) is 21.5 Å². The van der Waals surface area contributed by atoms with Crippen molar-refractivity contribution in [3.63, 3.8) is 0 Å². The van der Waals surface area contributed by atoms with Crippen molar-refractivity contribution in [2.24, 2.45) is 0 Å². The maximum Gasteiger partial charge on any atom is 0.163 e. The number of likely N-dealkylation sites (N-methyl/N-ethyl adjacent to an activating group) is 1. The predicted molar refractivity (Wildman–Crippen MR) is 88.5 cm³/mol. The molecule has 0 spiro atoms. The standard InChI is InChI=1S/C18H23N3O3/c1-18(2)23-11-15(24-18)17-20(3)13(10-16-19-8-9-21(16)17)12-6-4-5-7-14(12)22/h4-9,13,15,17,22H,10-11H2,1-3H3/t13-,15+,17-/m0/s1. The van der Waals surface area contributed by atoms with Gasteiger partial charge in [0.1, 0.15) is 23.8 Å². The summed E-state index contributed by atoms with van der Waals surface area (Å²) >= 11 is 0. The molecule has 1 N–H and O–H groups in total. The molecule has 3 atom stereocenters. The molecule has 6 heteroatoms. The van der Waals surface area contributed by atoms with Crippen molar-refractivity contribution in [2.75, 3.05) is 13.7 Å². The van der Waals surface area contributed by atoms with Crippen LogP contribution < -0.4 is 0 Å². The van der Waals surface area contributed by atoms with Gasteiger partial charge in [-0.1, -0.05) is 18.2 Å². The van der Waals surface area contributed by atoms with Gasteiger partial charge in [0, 0.05) is 30.4 Å². The highest BCUT2D eigenvalue weighted by molar-refractivity contribution is 5.35. The highest BCUT2D eigenvalue weighted by Gasteiger charge is 2.44. The number of para-hydroxylation sites is 1. The minimum atomic E-state index is -0.575. The summed E-state index contributed by atoms with van der Waals surface area (Å²) in [5.74, 6) is 0.741. The van der Waals surface area contributed by atoms with E-state index in [1.807, 2.05) is 44.4 Å². The van der Waals surface area contributed by atoms with E-state index in [9.17, 15) is 5.11 Å². The van der Waals surface area contributed by atoms with E-state index in [1.54, 1.807) is 6.07 Å². The van der Waals surface area contributed by atoms with Crippen molar-refractivity contribution in [2.45, 2.75) is 44.4 Å². The van der Waals surface area contributed by atoms with Crippen LogP contribution in [0.15, 0.2) is 36.7 Å². The molecule has 0 aliphatic carbocycles. The van der Waals surface area contributed by atoms with Gasteiger partial charge in [-0.2, -0.15) is 0 Å². The van der Waals surface area contributed by atoms with Gasteiger partial charge in [-0.3, -0.25) is 4.90 Å². The summed E-state index contributed by atoms with van der Waals surface area (Å²) in [5, 5.41) is 10.3. The Morgan fingerprint density at radius 1 is 1.29 bits per heavy atom. The number of fused-ring (bicyclic) bond motifs is 1. The molecule has 128 valence electrons. The van der Waals surface area contributed by atoms with Crippen LogP contribution >= 0.6 is 0 Å². The van der Waals surface area contributed by atoms with E-state index in [-0.39, 0.29) is 18.3 Å². The fraction of sp³-hybridized carbons (Fsp3) is 0.500. The number of phenols is 1. The normalized spacial score (nSPS) is 29.5.